The molecule has 2 rings (SSSR count). The van der Waals surface area contributed by atoms with Gasteiger partial charge < -0.3 is 4.74 Å². The summed E-state index contributed by atoms with van der Waals surface area (Å²) in [6.07, 6.45) is -4.45. The SMILES string of the molecule is NS(=O)(=O)c1ccccc1Oc1ccc(C(F)(F)F)cc1. The van der Waals surface area contributed by atoms with Crippen molar-refractivity contribution in [2.75, 3.05) is 0 Å². The van der Waals surface area contributed by atoms with Crippen LogP contribution in [0, 0.1) is 0 Å². The largest absolute Gasteiger partial charge is 0.456 e. The number of benzene rings is 2. The Balaban J connectivity index is 2.32. The summed E-state index contributed by atoms with van der Waals surface area (Å²) in [5, 5.41) is 5.04. The van der Waals surface area contributed by atoms with Gasteiger partial charge in [0.1, 0.15) is 16.4 Å². The summed E-state index contributed by atoms with van der Waals surface area (Å²) in [4.78, 5) is -0.245. The van der Waals surface area contributed by atoms with Crippen LogP contribution in [0.1, 0.15) is 5.56 Å². The fourth-order valence-electron chi connectivity index (χ4n) is 1.61. The van der Waals surface area contributed by atoms with Gasteiger partial charge in [0.2, 0.25) is 10.0 Å². The molecule has 0 unspecified atom stereocenters. The summed E-state index contributed by atoms with van der Waals surface area (Å²) in [5.41, 5.74) is -0.824. The minimum Gasteiger partial charge on any atom is -0.456 e. The third-order valence-electron chi connectivity index (χ3n) is 2.57. The highest BCUT2D eigenvalue weighted by molar-refractivity contribution is 7.89. The van der Waals surface area contributed by atoms with E-state index in [1.807, 2.05) is 0 Å². The van der Waals surface area contributed by atoms with Gasteiger partial charge in [0.15, 0.2) is 0 Å². The zero-order chi connectivity index (χ0) is 15.7. The molecule has 2 aromatic rings. The number of rotatable bonds is 3. The number of nitrogens with two attached hydrogens (primary N) is 1. The van der Waals surface area contributed by atoms with Gasteiger partial charge in [0.25, 0.3) is 0 Å². The molecule has 0 saturated heterocycles. The molecule has 2 N–H and O–H groups in total. The topological polar surface area (TPSA) is 69.4 Å². The lowest BCUT2D eigenvalue weighted by molar-refractivity contribution is -0.137. The Morgan fingerprint density at radius 3 is 2.05 bits per heavy atom. The van der Waals surface area contributed by atoms with Crippen molar-refractivity contribution in [1.82, 2.24) is 0 Å². The Morgan fingerprint density at radius 2 is 1.52 bits per heavy atom. The molecule has 21 heavy (non-hydrogen) atoms. The van der Waals surface area contributed by atoms with Crippen LogP contribution in [-0.4, -0.2) is 8.42 Å². The summed E-state index contributed by atoms with van der Waals surface area (Å²) in [7, 11) is -3.99. The smallest absolute Gasteiger partial charge is 0.416 e. The van der Waals surface area contributed by atoms with Gasteiger partial charge in [0.05, 0.1) is 5.56 Å². The molecule has 0 bridgehead atoms. The number of halogens is 3. The molecular weight excluding hydrogens is 307 g/mol. The Kier molecular flexibility index (Phi) is 3.93. The van der Waals surface area contributed by atoms with E-state index in [1.54, 1.807) is 0 Å². The highest BCUT2D eigenvalue weighted by Gasteiger charge is 2.30. The first kappa shape index (κ1) is 15.3. The molecule has 112 valence electrons. The monoisotopic (exact) mass is 317 g/mol. The average Bonchev–Trinajstić information content (AvgIpc) is 2.37. The molecule has 0 heterocycles. The number of para-hydroxylation sites is 1. The molecule has 0 atom stereocenters. The lowest BCUT2D eigenvalue weighted by atomic mass is 10.2. The fraction of sp³-hybridized carbons (Fsp3) is 0.0769. The normalized spacial score (nSPS) is 12.2. The number of sulfonamides is 1. The Hall–Kier alpha value is -2.06. The van der Waals surface area contributed by atoms with Crippen LogP contribution in [0.2, 0.25) is 0 Å². The first-order valence-corrected chi connectivity index (χ1v) is 7.19. The quantitative estimate of drug-likeness (QED) is 0.945. The molecule has 0 aliphatic heterocycles. The Morgan fingerprint density at radius 1 is 0.952 bits per heavy atom. The van der Waals surface area contributed by atoms with E-state index in [4.69, 9.17) is 9.88 Å². The molecule has 0 aromatic heterocycles. The first-order valence-electron chi connectivity index (χ1n) is 5.65. The Bertz CT molecular complexity index is 740. The molecule has 0 spiro atoms. The molecular formula is C13H10F3NO3S. The standard InChI is InChI=1S/C13H10F3NO3S/c14-13(15,16)9-5-7-10(8-6-9)20-11-3-1-2-4-12(11)21(17,18)19/h1-8H,(H2,17,18,19). The molecule has 0 aliphatic carbocycles. The van der Waals surface area contributed by atoms with Gasteiger partial charge in [-0.1, -0.05) is 12.1 Å². The number of primary sulfonamides is 1. The fourth-order valence-corrected chi connectivity index (χ4v) is 2.27. The van der Waals surface area contributed by atoms with Gasteiger partial charge >= 0.3 is 6.18 Å². The predicted molar refractivity (Wildman–Crippen MR) is 69.3 cm³/mol. The van der Waals surface area contributed by atoms with Gasteiger partial charge in [0, 0.05) is 0 Å². The van der Waals surface area contributed by atoms with Crippen molar-refractivity contribution in [3.8, 4) is 11.5 Å². The van der Waals surface area contributed by atoms with Crippen molar-refractivity contribution >= 4 is 10.0 Å². The molecule has 8 heteroatoms. The van der Waals surface area contributed by atoms with Crippen molar-refractivity contribution in [3.05, 3.63) is 54.1 Å². The summed E-state index contributed by atoms with van der Waals surface area (Å²) in [6.45, 7) is 0. The summed E-state index contributed by atoms with van der Waals surface area (Å²) >= 11 is 0. The molecule has 4 nitrogen and oxygen atoms in total. The van der Waals surface area contributed by atoms with Crippen LogP contribution in [0.15, 0.2) is 53.4 Å². The lowest BCUT2D eigenvalue weighted by Gasteiger charge is -2.11. The van der Waals surface area contributed by atoms with Crippen LogP contribution in [0.25, 0.3) is 0 Å². The number of alkyl halides is 3. The highest BCUT2D eigenvalue weighted by Crippen LogP contribution is 2.32. The predicted octanol–water partition coefficient (Wildman–Crippen LogP) is 3.15. The molecule has 0 fully saturated rings. The zero-order valence-electron chi connectivity index (χ0n) is 10.5. The average molecular weight is 317 g/mol. The number of hydrogen-bond donors (Lipinski definition) is 1. The summed E-state index contributed by atoms with van der Waals surface area (Å²) in [5.74, 6) is 0.0128. The van der Waals surface area contributed by atoms with Crippen molar-refractivity contribution < 1.29 is 26.3 Å². The minimum atomic E-state index is -4.45. The third-order valence-corrected chi connectivity index (χ3v) is 3.52. The van der Waals surface area contributed by atoms with Crippen molar-refractivity contribution in [2.24, 2.45) is 5.14 Å². The molecule has 2 aromatic carbocycles. The van der Waals surface area contributed by atoms with Gasteiger partial charge in [-0.2, -0.15) is 13.2 Å². The summed E-state index contributed by atoms with van der Waals surface area (Å²) < 4.78 is 65.3. The highest BCUT2D eigenvalue weighted by atomic mass is 32.2. The lowest BCUT2D eigenvalue weighted by Crippen LogP contribution is -2.13. The molecule has 0 saturated carbocycles. The van der Waals surface area contributed by atoms with Crippen LogP contribution in [0.4, 0.5) is 13.2 Å². The zero-order valence-corrected chi connectivity index (χ0v) is 11.3. The second-order valence-electron chi connectivity index (χ2n) is 4.12. The van der Waals surface area contributed by atoms with Crippen molar-refractivity contribution in [3.63, 3.8) is 0 Å². The van der Waals surface area contributed by atoms with Crippen LogP contribution in [0.5, 0.6) is 11.5 Å². The van der Waals surface area contributed by atoms with E-state index in [0.29, 0.717) is 0 Å². The molecule has 0 radical (unpaired) electrons. The van der Waals surface area contributed by atoms with Crippen LogP contribution >= 0.6 is 0 Å². The molecule has 0 aliphatic rings. The van der Waals surface area contributed by atoms with E-state index in [2.05, 4.69) is 0 Å². The van der Waals surface area contributed by atoms with Crippen LogP contribution in [0.3, 0.4) is 0 Å². The van der Waals surface area contributed by atoms with E-state index in [1.165, 1.54) is 24.3 Å². The van der Waals surface area contributed by atoms with E-state index in [-0.39, 0.29) is 16.4 Å². The van der Waals surface area contributed by atoms with Crippen molar-refractivity contribution in [1.29, 1.82) is 0 Å². The van der Waals surface area contributed by atoms with E-state index < -0.39 is 21.8 Å². The third kappa shape index (κ3) is 3.73. The second kappa shape index (κ2) is 5.38. The van der Waals surface area contributed by atoms with Crippen LogP contribution < -0.4 is 9.88 Å². The van der Waals surface area contributed by atoms with E-state index in [0.717, 1.165) is 24.3 Å². The van der Waals surface area contributed by atoms with Crippen molar-refractivity contribution in [2.45, 2.75) is 11.1 Å². The van der Waals surface area contributed by atoms with E-state index in [9.17, 15) is 21.6 Å². The van der Waals surface area contributed by atoms with Crippen LogP contribution in [-0.2, 0) is 16.2 Å². The number of ether oxygens (including phenoxy) is 1. The van der Waals surface area contributed by atoms with Gasteiger partial charge in [-0.05, 0) is 36.4 Å². The maximum atomic E-state index is 12.4. The first-order chi connectivity index (χ1) is 9.68. The Labute approximate surface area is 119 Å². The van der Waals surface area contributed by atoms with E-state index >= 15 is 0 Å². The van der Waals surface area contributed by atoms with Gasteiger partial charge in [-0.25, -0.2) is 13.6 Å². The second-order valence-corrected chi connectivity index (χ2v) is 5.65. The maximum absolute atomic E-state index is 12.4. The maximum Gasteiger partial charge on any atom is 0.416 e. The van der Waals surface area contributed by atoms with Gasteiger partial charge in [-0.3, -0.25) is 0 Å². The molecule has 0 amide bonds. The number of hydrogen-bond acceptors (Lipinski definition) is 3. The summed E-state index contributed by atoms with van der Waals surface area (Å²) in [6, 6.07) is 9.47. The van der Waals surface area contributed by atoms with Gasteiger partial charge in [-0.15, -0.1) is 0 Å². The minimum absolute atomic E-state index is 0.0558.